The van der Waals surface area contributed by atoms with Gasteiger partial charge in [-0.3, -0.25) is 14.7 Å². The molecule has 0 bridgehead atoms. The number of aliphatic hydroxyl groups is 1. The van der Waals surface area contributed by atoms with Gasteiger partial charge in [-0.1, -0.05) is 6.07 Å². The number of nitro groups is 1. The van der Waals surface area contributed by atoms with E-state index in [0.717, 1.165) is 12.1 Å². The van der Waals surface area contributed by atoms with Gasteiger partial charge in [0.2, 0.25) is 7.37 Å². The average molecular weight is 348 g/mol. The summed E-state index contributed by atoms with van der Waals surface area (Å²) in [7, 11) is -4.00. The lowest BCUT2D eigenvalue weighted by molar-refractivity contribution is -0.385. The second-order valence-electron chi connectivity index (χ2n) is 4.66. The normalized spacial score (nSPS) is 14.7. The molecule has 10 nitrogen and oxygen atoms in total. The number of nitrogens with zero attached hydrogens (tertiary/aromatic N) is 1. The molecule has 0 aliphatic carbocycles. The zero-order valence-electron chi connectivity index (χ0n) is 12.0. The van der Waals surface area contributed by atoms with E-state index in [1.165, 1.54) is 6.07 Å². The van der Waals surface area contributed by atoms with E-state index in [-0.39, 0.29) is 30.4 Å². The molecule has 5 N–H and O–H groups in total. The van der Waals surface area contributed by atoms with Crippen LogP contribution in [0.25, 0.3) is 0 Å². The van der Waals surface area contributed by atoms with Crippen molar-refractivity contribution in [2.24, 2.45) is 5.73 Å². The SMILES string of the molecule is NCCCP(=O)(O)C(O)c1ccc(OCC(=O)O)c([N+](=O)[O-])c1. The minimum absolute atomic E-state index is 0.137. The Morgan fingerprint density at radius 1 is 1.48 bits per heavy atom. The van der Waals surface area contributed by atoms with Crippen LogP contribution in [0.3, 0.4) is 0 Å². The summed E-state index contributed by atoms with van der Waals surface area (Å²) in [6.07, 6.45) is -0.0114. The summed E-state index contributed by atoms with van der Waals surface area (Å²) in [6, 6.07) is 3.12. The Labute approximate surface area is 131 Å². The molecule has 2 unspecified atom stereocenters. The van der Waals surface area contributed by atoms with Crippen LogP contribution in [-0.4, -0.2) is 45.3 Å². The fourth-order valence-corrected chi connectivity index (χ4v) is 3.28. The Morgan fingerprint density at radius 3 is 2.65 bits per heavy atom. The van der Waals surface area contributed by atoms with Gasteiger partial charge in [-0.05, 0) is 24.6 Å². The number of ether oxygens (including phenoxy) is 1. The zero-order valence-corrected chi connectivity index (χ0v) is 12.9. The molecule has 0 saturated carbocycles. The van der Waals surface area contributed by atoms with E-state index in [1.807, 2.05) is 0 Å². The van der Waals surface area contributed by atoms with Crippen LogP contribution < -0.4 is 10.5 Å². The second kappa shape index (κ2) is 8.02. The fourth-order valence-electron chi connectivity index (χ4n) is 1.77. The molecule has 0 spiro atoms. The van der Waals surface area contributed by atoms with Crippen molar-refractivity contribution in [1.82, 2.24) is 0 Å². The van der Waals surface area contributed by atoms with Crippen LogP contribution in [0.5, 0.6) is 5.75 Å². The smallest absolute Gasteiger partial charge is 0.341 e. The monoisotopic (exact) mass is 348 g/mol. The van der Waals surface area contributed by atoms with Crippen molar-refractivity contribution in [3.05, 3.63) is 33.9 Å². The third kappa shape index (κ3) is 5.29. The number of carbonyl (C=O) groups is 1. The number of hydrogen-bond donors (Lipinski definition) is 4. The predicted molar refractivity (Wildman–Crippen MR) is 79.6 cm³/mol. The van der Waals surface area contributed by atoms with Gasteiger partial charge in [0.25, 0.3) is 0 Å². The highest BCUT2D eigenvalue weighted by atomic mass is 31.2. The Morgan fingerprint density at radius 2 is 2.13 bits per heavy atom. The van der Waals surface area contributed by atoms with Gasteiger partial charge < -0.3 is 25.6 Å². The zero-order chi connectivity index (χ0) is 17.6. The molecule has 0 aromatic heterocycles. The molecule has 0 saturated heterocycles. The van der Waals surface area contributed by atoms with Crippen molar-refractivity contribution >= 4 is 19.0 Å². The number of carboxylic acid groups (broad SMARTS) is 1. The van der Waals surface area contributed by atoms with Gasteiger partial charge >= 0.3 is 11.7 Å². The lowest BCUT2D eigenvalue weighted by Gasteiger charge is -2.18. The average Bonchev–Trinajstić information content (AvgIpc) is 2.49. The Bertz CT molecular complexity index is 635. The fraction of sp³-hybridized carbons (Fsp3) is 0.417. The second-order valence-corrected chi connectivity index (χ2v) is 7.11. The number of benzene rings is 1. The molecule has 1 rings (SSSR count). The minimum atomic E-state index is -4.00. The number of nitro benzene ring substituents is 1. The van der Waals surface area contributed by atoms with E-state index < -0.39 is 36.4 Å². The number of rotatable bonds is 9. The van der Waals surface area contributed by atoms with E-state index in [0.29, 0.717) is 0 Å². The van der Waals surface area contributed by atoms with Crippen molar-refractivity contribution in [2.45, 2.75) is 12.3 Å². The van der Waals surface area contributed by atoms with Gasteiger partial charge in [-0.2, -0.15) is 0 Å². The van der Waals surface area contributed by atoms with Crippen molar-refractivity contribution in [2.75, 3.05) is 19.3 Å². The number of nitrogens with two attached hydrogens (primary N) is 1. The molecule has 1 aromatic rings. The van der Waals surface area contributed by atoms with Crippen LogP contribution in [-0.2, 0) is 9.36 Å². The van der Waals surface area contributed by atoms with Crippen LogP contribution in [0.1, 0.15) is 17.8 Å². The van der Waals surface area contributed by atoms with Crippen molar-refractivity contribution in [3.63, 3.8) is 0 Å². The van der Waals surface area contributed by atoms with E-state index in [1.54, 1.807) is 0 Å². The summed E-state index contributed by atoms with van der Waals surface area (Å²) in [5.41, 5.74) is 4.50. The summed E-state index contributed by atoms with van der Waals surface area (Å²) < 4.78 is 16.8. The molecule has 0 heterocycles. The van der Waals surface area contributed by atoms with Crippen LogP contribution in [0.4, 0.5) is 5.69 Å². The van der Waals surface area contributed by atoms with E-state index >= 15 is 0 Å². The van der Waals surface area contributed by atoms with Gasteiger partial charge in [-0.25, -0.2) is 4.79 Å². The minimum Gasteiger partial charge on any atom is -0.479 e. The van der Waals surface area contributed by atoms with Crippen LogP contribution in [0, 0.1) is 10.1 Å². The number of aliphatic carboxylic acids is 1. The quantitative estimate of drug-likeness (QED) is 0.284. The van der Waals surface area contributed by atoms with Gasteiger partial charge in [0, 0.05) is 12.2 Å². The summed E-state index contributed by atoms with van der Waals surface area (Å²) in [4.78, 5) is 30.4. The summed E-state index contributed by atoms with van der Waals surface area (Å²) in [6.45, 7) is -0.614. The van der Waals surface area contributed by atoms with Gasteiger partial charge in [0.1, 0.15) is 0 Å². The summed E-state index contributed by atoms with van der Waals surface area (Å²) in [5, 5.41) is 29.5. The lowest BCUT2D eigenvalue weighted by Crippen LogP contribution is -2.11. The molecule has 0 fully saturated rings. The van der Waals surface area contributed by atoms with Crippen molar-refractivity contribution in [3.8, 4) is 5.75 Å². The molecular formula is C12H17N2O8P. The highest BCUT2D eigenvalue weighted by Crippen LogP contribution is 2.54. The lowest BCUT2D eigenvalue weighted by atomic mass is 10.2. The first-order chi connectivity index (χ1) is 10.7. The van der Waals surface area contributed by atoms with Gasteiger partial charge in [0.15, 0.2) is 18.2 Å². The molecule has 2 atom stereocenters. The standard InChI is InChI=1S/C12H17N2O8P/c13-4-1-5-23(20,21)12(17)8-2-3-10(22-7-11(15)16)9(6-8)14(18)19/h2-3,6,12,17H,1,4-5,7,13H2,(H,15,16)(H,20,21). The Kier molecular flexibility index (Phi) is 6.64. The third-order valence-electron chi connectivity index (χ3n) is 2.89. The molecule has 0 aliphatic heterocycles. The number of carboxylic acids is 1. The molecule has 1 aromatic carbocycles. The highest BCUT2D eigenvalue weighted by molar-refractivity contribution is 7.58. The largest absolute Gasteiger partial charge is 0.479 e. The first-order valence-electron chi connectivity index (χ1n) is 6.51. The predicted octanol–water partition coefficient (Wildman–Crippen LogP) is 0.668. The van der Waals surface area contributed by atoms with Crippen molar-refractivity contribution in [1.29, 1.82) is 0 Å². The summed E-state index contributed by atoms with van der Waals surface area (Å²) in [5.74, 6) is -3.44. The maximum atomic E-state index is 12.0. The third-order valence-corrected chi connectivity index (χ3v) is 4.91. The maximum Gasteiger partial charge on any atom is 0.341 e. The van der Waals surface area contributed by atoms with Crippen LogP contribution in [0.15, 0.2) is 18.2 Å². The van der Waals surface area contributed by atoms with Crippen molar-refractivity contribution < 1.29 is 34.1 Å². The van der Waals surface area contributed by atoms with E-state index in [9.17, 15) is 29.5 Å². The molecule has 23 heavy (non-hydrogen) atoms. The summed E-state index contributed by atoms with van der Waals surface area (Å²) >= 11 is 0. The van der Waals surface area contributed by atoms with Gasteiger partial charge in [-0.15, -0.1) is 0 Å². The molecular weight excluding hydrogens is 331 g/mol. The molecule has 0 amide bonds. The highest BCUT2D eigenvalue weighted by Gasteiger charge is 2.31. The maximum absolute atomic E-state index is 12.0. The molecule has 11 heteroatoms. The Hall–Kier alpha value is -2.00. The Balaban J connectivity index is 3.09. The van der Waals surface area contributed by atoms with E-state index in [2.05, 4.69) is 0 Å². The van der Waals surface area contributed by atoms with Gasteiger partial charge in [0.05, 0.1) is 4.92 Å². The number of aliphatic hydroxyl groups excluding tert-OH is 1. The van der Waals surface area contributed by atoms with Crippen LogP contribution in [0.2, 0.25) is 0 Å². The first kappa shape index (κ1) is 19.0. The van der Waals surface area contributed by atoms with Crippen LogP contribution >= 0.6 is 7.37 Å². The first-order valence-corrected chi connectivity index (χ1v) is 8.43. The molecule has 0 radical (unpaired) electrons. The number of hydrogen-bond acceptors (Lipinski definition) is 7. The topological polar surface area (TPSA) is 173 Å². The van der Waals surface area contributed by atoms with E-state index in [4.69, 9.17) is 15.6 Å². The molecule has 0 aliphatic rings. The molecule has 128 valence electrons.